The number of aldehydes is 1. The molecule has 104 valence electrons. The fourth-order valence-electron chi connectivity index (χ4n) is 2.94. The van der Waals surface area contributed by atoms with Crippen LogP contribution in [0, 0.1) is 5.41 Å². The maximum Gasteiger partial charge on any atom is 0.127 e. The summed E-state index contributed by atoms with van der Waals surface area (Å²) in [7, 11) is 3.42. The Labute approximate surface area is 108 Å². The molecular formula is C13H23NO4. The van der Waals surface area contributed by atoms with Crippen LogP contribution in [0.15, 0.2) is 0 Å². The van der Waals surface area contributed by atoms with Gasteiger partial charge in [0.2, 0.25) is 0 Å². The Morgan fingerprint density at radius 1 is 1.22 bits per heavy atom. The second-order valence-corrected chi connectivity index (χ2v) is 5.33. The van der Waals surface area contributed by atoms with Crippen LogP contribution in [0.4, 0.5) is 0 Å². The molecule has 2 aliphatic rings. The summed E-state index contributed by atoms with van der Waals surface area (Å²) in [6.45, 7) is 3.85. The van der Waals surface area contributed by atoms with Crippen LogP contribution in [0.1, 0.15) is 12.8 Å². The molecule has 0 bridgehead atoms. The number of likely N-dealkylation sites (tertiary alicyclic amines) is 1. The van der Waals surface area contributed by atoms with E-state index in [2.05, 4.69) is 4.90 Å². The highest BCUT2D eigenvalue weighted by Crippen LogP contribution is 2.31. The second-order valence-electron chi connectivity index (χ2n) is 5.33. The van der Waals surface area contributed by atoms with Crippen molar-refractivity contribution in [3.05, 3.63) is 0 Å². The van der Waals surface area contributed by atoms with Crippen molar-refractivity contribution in [1.29, 1.82) is 0 Å². The van der Waals surface area contributed by atoms with Gasteiger partial charge in [0.15, 0.2) is 0 Å². The molecule has 0 saturated carbocycles. The lowest BCUT2D eigenvalue weighted by atomic mass is 9.81. The molecule has 0 N–H and O–H groups in total. The summed E-state index contributed by atoms with van der Waals surface area (Å²) in [5.74, 6) is 0. The number of ether oxygens (including phenoxy) is 3. The quantitative estimate of drug-likeness (QED) is 0.664. The van der Waals surface area contributed by atoms with E-state index < -0.39 is 0 Å². The van der Waals surface area contributed by atoms with Gasteiger partial charge in [-0.2, -0.15) is 0 Å². The monoisotopic (exact) mass is 257 g/mol. The molecule has 2 aliphatic heterocycles. The number of nitrogens with zero attached hydrogens (tertiary/aromatic N) is 1. The molecule has 0 amide bonds. The van der Waals surface area contributed by atoms with Gasteiger partial charge in [-0.3, -0.25) is 4.90 Å². The van der Waals surface area contributed by atoms with Crippen LogP contribution in [0.25, 0.3) is 0 Å². The van der Waals surface area contributed by atoms with Crippen molar-refractivity contribution < 1.29 is 19.0 Å². The Morgan fingerprint density at radius 3 is 2.22 bits per heavy atom. The predicted octanol–water partition coefficient (Wildman–Crippen LogP) is 0.328. The SMILES string of the molecule is COC1CN(CC2(C=O)CCOCC2)CC1OC. The number of carbonyl (C=O) groups is 1. The lowest BCUT2D eigenvalue weighted by Crippen LogP contribution is -2.42. The molecule has 5 nitrogen and oxygen atoms in total. The first-order chi connectivity index (χ1) is 8.73. The minimum absolute atomic E-state index is 0.110. The lowest BCUT2D eigenvalue weighted by molar-refractivity contribution is -0.123. The third kappa shape index (κ3) is 2.91. The highest BCUT2D eigenvalue weighted by atomic mass is 16.5. The molecule has 2 fully saturated rings. The summed E-state index contributed by atoms with van der Waals surface area (Å²) in [6.07, 6.45) is 2.99. The first-order valence-electron chi connectivity index (χ1n) is 6.55. The maximum absolute atomic E-state index is 11.4. The van der Waals surface area contributed by atoms with Gasteiger partial charge in [0.25, 0.3) is 0 Å². The molecule has 2 heterocycles. The molecule has 0 aromatic heterocycles. The molecule has 0 aromatic carbocycles. The fraction of sp³-hybridized carbons (Fsp3) is 0.923. The second kappa shape index (κ2) is 6.10. The zero-order valence-corrected chi connectivity index (χ0v) is 11.3. The lowest BCUT2D eigenvalue weighted by Gasteiger charge is -2.35. The van der Waals surface area contributed by atoms with Crippen molar-refractivity contribution in [2.75, 3.05) is 47.1 Å². The zero-order chi connectivity index (χ0) is 13.0. The van der Waals surface area contributed by atoms with Gasteiger partial charge in [-0.25, -0.2) is 0 Å². The topological polar surface area (TPSA) is 48.0 Å². The molecular weight excluding hydrogens is 234 g/mol. The maximum atomic E-state index is 11.4. The van der Waals surface area contributed by atoms with E-state index >= 15 is 0 Å². The zero-order valence-electron chi connectivity index (χ0n) is 11.3. The van der Waals surface area contributed by atoms with Crippen molar-refractivity contribution in [2.24, 2.45) is 5.41 Å². The number of hydrogen-bond acceptors (Lipinski definition) is 5. The van der Waals surface area contributed by atoms with Crippen LogP contribution in [-0.2, 0) is 19.0 Å². The highest BCUT2D eigenvalue weighted by molar-refractivity contribution is 5.60. The molecule has 18 heavy (non-hydrogen) atoms. The first kappa shape index (κ1) is 13.9. The molecule has 5 heteroatoms. The molecule has 2 saturated heterocycles. The van der Waals surface area contributed by atoms with E-state index in [4.69, 9.17) is 14.2 Å². The average Bonchev–Trinajstić information content (AvgIpc) is 2.81. The van der Waals surface area contributed by atoms with E-state index in [0.29, 0.717) is 13.2 Å². The van der Waals surface area contributed by atoms with E-state index in [1.807, 2.05) is 0 Å². The molecule has 2 unspecified atom stereocenters. The fourth-order valence-corrected chi connectivity index (χ4v) is 2.94. The Hall–Kier alpha value is -0.490. The summed E-state index contributed by atoms with van der Waals surface area (Å²) in [5.41, 5.74) is -0.237. The van der Waals surface area contributed by atoms with Crippen molar-refractivity contribution >= 4 is 6.29 Å². The van der Waals surface area contributed by atoms with Crippen LogP contribution in [0.2, 0.25) is 0 Å². The third-order valence-electron chi connectivity index (χ3n) is 4.17. The van der Waals surface area contributed by atoms with Gasteiger partial charge in [-0.15, -0.1) is 0 Å². The van der Waals surface area contributed by atoms with Crippen molar-refractivity contribution in [3.8, 4) is 0 Å². The van der Waals surface area contributed by atoms with Crippen molar-refractivity contribution in [1.82, 2.24) is 4.90 Å². The summed E-state index contributed by atoms with van der Waals surface area (Å²) in [4.78, 5) is 13.7. The van der Waals surface area contributed by atoms with Gasteiger partial charge in [-0.1, -0.05) is 0 Å². The minimum Gasteiger partial charge on any atom is -0.381 e. The molecule has 0 radical (unpaired) electrons. The Kier molecular flexibility index (Phi) is 4.72. The van der Waals surface area contributed by atoms with Gasteiger partial charge in [0.05, 0.1) is 12.2 Å². The third-order valence-corrected chi connectivity index (χ3v) is 4.17. The minimum atomic E-state index is -0.237. The summed E-state index contributed by atoms with van der Waals surface area (Å²) in [6, 6.07) is 0. The van der Waals surface area contributed by atoms with Crippen LogP contribution in [0.3, 0.4) is 0 Å². The summed E-state index contributed by atoms with van der Waals surface area (Å²) >= 11 is 0. The van der Waals surface area contributed by atoms with E-state index in [-0.39, 0.29) is 17.6 Å². The van der Waals surface area contributed by atoms with E-state index in [9.17, 15) is 4.79 Å². The normalized spacial score (nSPS) is 32.6. The van der Waals surface area contributed by atoms with Crippen LogP contribution in [-0.4, -0.2) is 70.5 Å². The van der Waals surface area contributed by atoms with Gasteiger partial charge in [0, 0.05) is 52.5 Å². The van der Waals surface area contributed by atoms with Crippen molar-refractivity contribution in [3.63, 3.8) is 0 Å². The van der Waals surface area contributed by atoms with E-state index in [1.54, 1.807) is 14.2 Å². The molecule has 0 aromatic rings. The predicted molar refractivity (Wildman–Crippen MR) is 66.6 cm³/mol. The average molecular weight is 257 g/mol. The van der Waals surface area contributed by atoms with E-state index in [0.717, 1.165) is 38.8 Å². The summed E-state index contributed by atoms with van der Waals surface area (Å²) in [5, 5.41) is 0. The molecule has 2 atom stereocenters. The number of carbonyl (C=O) groups excluding carboxylic acids is 1. The van der Waals surface area contributed by atoms with E-state index in [1.165, 1.54) is 0 Å². The standard InChI is InChI=1S/C13H23NO4/c1-16-11-7-14(8-12(11)17-2)9-13(10-15)3-5-18-6-4-13/h10-12H,3-9H2,1-2H3. The van der Waals surface area contributed by atoms with Crippen LogP contribution >= 0.6 is 0 Å². The van der Waals surface area contributed by atoms with Crippen LogP contribution in [0.5, 0.6) is 0 Å². The molecule has 0 aliphatic carbocycles. The Bertz CT molecular complexity index is 266. The Morgan fingerprint density at radius 2 is 1.78 bits per heavy atom. The van der Waals surface area contributed by atoms with Gasteiger partial charge in [0.1, 0.15) is 6.29 Å². The summed E-state index contributed by atoms with van der Waals surface area (Å²) < 4.78 is 16.2. The van der Waals surface area contributed by atoms with Gasteiger partial charge >= 0.3 is 0 Å². The smallest absolute Gasteiger partial charge is 0.127 e. The van der Waals surface area contributed by atoms with Gasteiger partial charge < -0.3 is 19.0 Å². The van der Waals surface area contributed by atoms with Crippen molar-refractivity contribution in [2.45, 2.75) is 25.0 Å². The number of rotatable bonds is 5. The highest BCUT2D eigenvalue weighted by Gasteiger charge is 2.39. The molecule has 0 spiro atoms. The largest absolute Gasteiger partial charge is 0.381 e. The number of methoxy groups -OCH3 is 2. The van der Waals surface area contributed by atoms with Crippen LogP contribution < -0.4 is 0 Å². The Balaban J connectivity index is 1.94. The number of hydrogen-bond donors (Lipinski definition) is 0. The first-order valence-corrected chi connectivity index (χ1v) is 6.55. The van der Waals surface area contributed by atoms with Gasteiger partial charge in [-0.05, 0) is 12.8 Å². The molecule has 2 rings (SSSR count).